The zero-order valence-electron chi connectivity index (χ0n) is 23.4. The van der Waals surface area contributed by atoms with Crippen LogP contribution in [-0.4, -0.2) is 0 Å². The van der Waals surface area contributed by atoms with Crippen LogP contribution >= 0.6 is 0 Å². The van der Waals surface area contributed by atoms with Gasteiger partial charge >= 0.3 is 0 Å². The van der Waals surface area contributed by atoms with Gasteiger partial charge in [0, 0.05) is 0 Å². The molecule has 196 valence electrons. The first-order valence-corrected chi connectivity index (χ1v) is 14.8. The number of rotatable bonds is 1. The lowest BCUT2D eigenvalue weighted by atomic mass is 9.79. The van der Waals surface area contributed by atoms with Crippen LogP contribution in [-0.2, 0) is 6.42 Å². The highest BCUT2D eigenvalue weighted by Crippen LogP contribution is 2.49. The molecule has 1 aliphatic carbocycles. The van der Waals surface area contributed by atoms with Gasteiger partial charge in [-0.25, -0.2) is 0 Å². The van der Waals surface area contributed by atoms with Crippen LogP contribution in [0.15, 0.2) is 116 Å². The van der Waals surface area contributed by atoms with Crippen molar-refractivity contribution in [3.63, 3.8) is 0 Å². The summed E-state index contributed by atoms with van der Waals surface area (Å²) in [5, 5.41) is 20.6. The molecule has 0 nitrogen and oxygen atoms in total. The van der Waals surface area contributed by atoms with E-state index in [0.29, 0.717) is 0 Å². The summed E-state index contributed by atoms with van der Waals surface area (Å²) in [5.41, 5.74) is 2.69. The molecular weight excluding hydrogens is 504 g/mol. The van der Waals surface area contributed by atoms with Gasteiger partial charge in [0.1, 0.15) is 0 Å². The zero-order chi connectivity index (χ0) is 27.9. The maximum Gasteiger partial charge on any atom is -0.000718 e. The highest BCUT2D eigenvalue weighted by Gasteiger charge is 2.23. The number of benzene rings is 8. The minimum absolute atomic E-state index is 1.00. The Bertz CT molecular complexity index is 2650. The Balaban J connectivity index is 1.84. The Hall–Kier alpha value is -5.20. The molecule has 0 heterocycles. The normalized spacial score (nSPS) is 13.8. The Kier molecular flexibility index (Phi) is 4.84. The summed E-state index contributed by atoms with van der Waals surface area (Å²) in [7, 11) is 0. The molecule has 0 aromatic heterocycles. The second-order valence-electron chi connectivity index (χ2n) is 11.6. The van der Waals surface area contributed by atoms with E-state index in [1.54, 1.807) is 0 Å². The number of allylic oxidation sites excluding steroid dienone is 2. The molecule has 8 aromatic carbocycles. The summed E-state index contributed by atoms with van der Waals surface area (Å²) in [4.78, 5) is 0. The maximum absolute atomic E-state index is 4.73. The second kappa shape index (κ2) is 8.65. The average Bonchev–Trinajstić information content (AvgIpc) is 3.06. The van der Waals surface area contributed by atoms with Crippen molar-refractivity contribution in [2.45, 2.75) is 12.8 Å². The Morgan fingerprint density at radius 2 is 0.905 bits per heavy atom. The van der Waals surface area contributed by atoms with E-state index in [9.17, 15) is 0 Å². The molecule has 0 heteroatoms. The van der Waals surface area contributed by atoms with Crippen molar-refractivity contribution >= 4 is 94.1 Å². The summed E-state index contributed by atoms with van der Waals surface area (Å²) >= 11 is 0. The van der Waals surface area contributed by atoms with Gasteiger partial charge in [-0.05, 0) is 110 Å². The summed E-state index contributed by atoms with van der Waals surface area (Å²) in [6, 6.07) is 35.9. The molecule has 9 rings (SSSR count). The SMILES string of the molecule is C=C/C=c1\c(=C)c2c(c3c1c1c4ccccc4c4ccccc4c1c1c4ccccc4c4ccccc4c31)C=CCC2. The molecule has 0 aliphatic heterocycles. The predicted molar refractivity (Wildman–Crippen MR) is 186 cm³/mol. The number of hydrogen-bond donors (Lipinski definition) is 0. The van der Waals surface area contributed by atoms with E-state index in [4.69, 9.17) is 6.58 Å². The summed E-state index contributed by atoms with van der Waals surface area (Å²) in [5.74, 6) is 0. The summed E-state index contributed by atoms with van der Waals surface area (Å²) in [6.07, 6.45) is 10.9. The largest absolute Gasteiger partial charge is 0.0990 e. The van der Waals surface area contributed by atoms with Gasteiger partial charge in [-0.1, -0.05) is 135 Å². The predicted octanol–water partition coefficient (Wildman–Crippen LogP) is 10.1. The first-order valence-electron chi connectivity index (χ1n) is 14.8. The molecule has 0 amide bonds. The van der Waals surface area contributed by atoms with Crippen LogP contribution in [0.5, 0.6) is 0 Å². The first kappa shape index (κ1) is 23.5. The summed E-state index contributed by atoms with van der Waals surface area (Å²) < 4.78 is 0. The first-order chi connectivity index (χ1) is 20.8. The Morgan fingerprint density at radius 1 is 0.500 bits per heavy atom. The molecule has 0 atom stereocenters. The van der Waals surface area contributed by atoms with Crippen LogP contribution in [0, 0.1) is 0 Å². The van der Waals surface area contributed by atoms with Crippen LogP contribution in [0.1, 0.15) is 17.5 Å². The van der Waals surface area contributed by atoms with Gasteiger partial charge in [0.15, 0.2) is 0 Å². The fourth-order valence-electron chi connectivity index (χ4n) is 7.94. The third-order valence-corrected chi connectivity index (χ3v) is 9.55. The minimum atomic E-state index is 1.00. The van der Waals surface area contributed by atoms with E-state index in [1.165, 1.54) is 91.8 Å². The van der Waals surface area contributed by atoms with Gasteiger partial charge in [0.2, 0.25) is 0 Å². The lowest BCUT2D eigenvalue weighted by molar-refractivity contribution is 0.979. The molecule has 0 unspecified atom stereocenters. The molecule has 0 radical (unpaired) electrons. The topological polar surface area (TPSA) is 0 Å². The molecule has 0 saturated carbocycles. The molecular formula is C42H28. The van der Waals surface area contributed by atoms with Crippen molar-refractivity contribution in [2.75, 3.05) is 0 Å². The molecule has 0 bridgehead atoms. The van der Waals surface area contributed by atoms with Crippen LogP contribution in [0.2, 0.25) is 0 Å². The van der Waals surface area contributed by atoms with Gasteiger partial charge in [0.25, 0.3) is 0 Å². The van der Waals surface area contributed by atoms with Crippen molar-refractivity contribution in [3.05, 3.63) is 137 Å². The highest BCUT2D eigenvalue weighted by atomic mass is 14.3. The molecule has 42 heavy (non-hydrogen) atoms. The third kappa shape index (κ3) is 2.91. The third-order valence-electron chi connectivity index (χ3n) is 9.55. The standard InChI is InChI=1S/C42H28/c1-3-14-27-25(2)26-15-4-9-20-32(26)38-37(27)39-33-21-10-5-16-28(33)29-17-7-12-23-35(29)41(39)42-36-24-13-8-19-31(36)30-18-6-11-22-34(30)40(38)42/h3,5-14,16-24H,1-2,4,15H2/b27-14+. The number of fused-ring (bicyclic) bond motifs is 18. The lowest BCUT2D eigenvalue weighted by Crippen LogP contribution is -2.30. The quantitative estimate of drug-likeness (QED) is 0.185. The van der Waals surface area contributed by atoms with Crippen LogP contribution < -0.4 is 10.4 Å². The zero-order valence-corrected chi connectivity index (χ0v) is 23.4. The van der Waals surface area contributed by atoms with E-state index in [1.807, 2.05) is 6.08 Å². The Morgan fingerprint density at radius 3 is 1.36 bits per heavy atom. The molecule has 8 aromatic rings. The molecule has 0 spiro atoms. The van der Waals surface area contributed by atoms with Crippen LogP contribution in [0.25, 0.3) is 94.1 Å². The van der Waals surface area contributed by atoms with Crippen molar-refractivity contribution in [2.24, 2.45) is 0 Å². The fraction of sp³-hybridized carbons (Fsp3) is 0.0476. The maximum atomic E-state index is 4.73. The van der Waals surface area contributed by atoms with Crippen molar-refractivity contribution in [3.8, 4) is 0 Å². The number of hydrogen-bond acceptors (Lipinski definition) is 0. The van der Waals surface area contributed by atoms with E-state index < -0.39 is 0 Å². The smallest absolute Gasteiger partial charge is 0.000718 e. The van der Waals surface area contributed by atoms with Crippen LogP contribution in [0.3, 0.4) is 0 Å². The highest BCUT2D eigenvalue weighted by molar-refractivity contribution is 6.47. The van der Waals surface area contributed by atoms with Gasteiger partial charge in [-0.3, -0.25) is 0 Å². The molecule has 0 fully saturated rings. The van der Waals surface area contributed by atoms with Crippen LogP contribution in [0.4, 0.5) is 0 Å². The Labute approximate surface area is 243 Å². The second-order valence-corrected chi connectivity index (χ2v) is 11.6. The van der Waals surface area contributed by atoms with Crippen molar-refractivity contribution in [1.29, 1.82) is 0 Å². The van der Waals surface area contributed by atoms with E-state index in [0.717, 1.165) is 18.1 Å². The average molecular weight is 533 g/mol. The lowest BCUT2D eigenvalue weighted by Gasteiger charge is -2.23. The monoisotopic (exact) mass is 532 g/mol. The van der Waals surface area contributed by atoms with Gasteiger partial charge in [-0.2, -0.15) is 0 Å². The van der Waals surface area contributed by atoms with E-state index >= 15 is 0 Å². The summed E-state index contributed by atoms with van der Waals surface area (Å²) in [6.45, 7) is 8.90. The minimum Gasteiger partial charge on any atom is -0.0990 e. The van der Waals surface area contributed by atoms with Crippen molar-refractivity contribution in [1.82, 2.24) is 0 Å². The molecule has 1 aliphatic rings. The molecule has 0 N–H and O–H groups in total. The molecule has 0 saturated heterocycles. The van der Waals surface area contributed by atoms with Gasteiger partial charge in [0.05, 0.1) is 0 Å². The van der Waals surface area contributed by atoms with Gasteiger partial charge < -0.3 is 0 Å². The van der Waals surface area contributed by atoms with Crippen molar-refractivity contribution < 1.29 is 0 Å². The fourth-order valence-corrected chi connectivity index (χ4v) is 7.94. The van der Waals surface area contributed by atoms with E-state index in [2.05, 4.69) is 122 Å². The van der Waals surface area contributed by atoms with Gasteiger partial charge in [-0.15, -0.1) is 0 Å². The van der Waals surface area contributed by atoms with E-state index in [-0.39, 0.29) is 0 Å².